The van der Waals surface area contributed by atoms with Crippen LogP contribution in [0.5, 0.6) is 5.75 Å². The van der Waals surface area contributed by atoms with Crippen molar-refractivity contribution < 1.29 is 9.53 Å². The lowest BCUT2D eigenvalue weighted by molar-refractivity contribution is -0.124. The van der Waals surface area contributed by atoms with Gasteiger partial charge in [0.1, 0.15) is 5.75 Å². The van der Waals surface area contributed by atoms with E-state index in [1.807, 2.05) is 33.8 Å². The molecule has 118 valence electrons. The molecule has 4 nitrogen and oxygen atoms in total. The predicted molar refractivity (Wildman–Crippen MR) is 86.7 cm³/mol. The standard InChI is InChI=1S/C17H28N2O2/c1-7-18-13(3)14-9-8-12(2)10-15(14)21-11-16(20)19-17(4,5)6/h8-10,13,18H,7,11H2,1-6H3,(H,19,20). The van der Waals surface area contributed by atoms with Crippen LogP contribution >= 0.6 is 0 Å². The first kappa shape index (κ1) is 17.5. The van der Waals surface area contributed by atoms with Crippen LogP contribution < -0.4 is 15.4 Å². The molecule has 0 heterocycles. The lowest BCUT2D eigenvalue weighted by Crippen LogP contribution is -2.43. The van der Waals surface area contributed by atoms with Crippen LogP contribution in [0.2, 0.25) is 0 Å². The summed E-state index contributed by atoms with van der Waals surface area (Å²) in [6.07, 6.45) is 0. The summed E-state index contributed by atoms with van der Waals surface area (Å²) in [5.74, 6) is 0.665. The summed E-state index contributed by atoms with van der Waals surface area (Å²) in [5, 5.41) is 6.27. The third-order valence-electron chi connectivity index (χ3n) is 3.02. The average molecular weight is 292 g/mol. The molecule has 1 unspecified atom stereocenters. The largest absolute Gasteiger partial charge is 0.483 e. The predicted octanol–water partition coefficient (Wildman–Crippen LogP) is 2.96. The monoisotopic (exact) mass is 292 g/mol. The van der Waals surface area contributed by atoms with Gasteiger partial charge in [0.25, 0.3) is 5.91 Å². The maximum atomic E-state index is 11.9. The highest BCUT2D eigenvalue weighted by Crippen LogP contribution is 2.26. The average Bonchev–Trinajstić information content (AvgIpc) is 2.34. The first-order valence-corrected chi connectivity index (χ1v) is 7.50. The number of aryl methyl sites for hydroxylation is 1. The zero-order valence-electron chi connectivity index (χ0n) is 14.0. The minimum absolute atomic E-state index is 0.0343. The van der Waals surface area contributed by atoms with E-state index in [9.17, 15) is 4.79 Å². The van der Waals surface area contributed by atoms with Gasteiger partial charge >= 0.3 is 0 Å². The summed E-state index contributed by atoms with van der Waals surface area (Å²) >= 11 is 0. The van der Waals surface area contributed by atoms with Crippen molar-refractivity contribution in [2.75, 3.05) is 13.2 Å². The molecule has 1 aromatic carbocycles. The highest BCUT2D eigenvalue weighted by Gasteiger charge is 2.16. The van der Waals surface area contributed by atoms with Gasteiger partial charge in [0.15, 0.2) is 6.61 Å². The summed E-state index contributed by atoms with van der Waals surface area (Å²) in [6.45, 7) is 13.0. The normalized spacial score (nSPS) is 12.9. The SMILES string of the molecule is CCNC(C)c1ccc(C)cc1OCC(=O)NC(C)(C)C. The molecular weight excluding hydrogens is 264 g/mol. The number of rotatable bonds is 6. The Balaban J connectivity index is 2.77. The number of amides is 1. The molecule has 0 aliphatic rings. The second-order valence-corrected chi connectivity index (χ2v) is 6.41. The van der Waals surface area contributed by atoms with Crippen LogP contribution in [0.25, 0.3) is 0 Å². The molecule has 1 atom stereocenters. The summed E-state index contributed by atoms with van der Waals surface area (Å²) < 4.78 is 5.74. The maximum Gasteiger partial charge on any atom is 0.258 e. The lowest BCUT2D eigenvalue weighted by Gasteiger charge is -2.22. The Morgan fingerprint density at radius 3 is 2.57 bits per heavy atom. The van der Waals surface area contributed by atoms with Crippen molar-refractivity contribution in [3.63, 3.8) is 0 Å². The molecule has 1 rings (SSSR count). The lowest BCUT2D eigenvalue weighted by atomic mass is 10.0. The van der Waals surface area contributed by atoms with Gasteiger partial charge in [-0.1, -0.05) is 19.1 Å². The van der Waals surface area contributed by atoms with Crippen molar-refractivity contribution in [2.45, 2.75) is 53.1 Å². The van der Waals surface area contributed by atoms with Gasteiger partial charge in [-0.05, 0) is 52.8 Å². The van der Waals surface area contributed by atoms with Crippen LogP contribution in [0.1, 0.15) is 51.8 Å². The molecule has 0 saturated carbocycles. The van der Waals surface area contributed by atoms with Gasteiger partial charge < -0.3 is 15.4 Å². The zero-order chi connectivity index (χ0) is 16.0. The molecule has 1 aromatic rings. The highest BCUT2D eigenvalue weighted by atomic mass is 16.5. The van der Waals surface area contributed by atoms with Crippen LogP contribution in [0.3, 0.4) is 0 Å². The van der Waals surface area contributed by atoms with Crippen molar-refractivity contribution in [3.8, 4) is 5.75 Å². The minimum Gasteiger partial charge on any atom is -0.483 e. The van der Waals surface area contributed by atoms with E-state index in [0.29, 0.717) is 0 Å². The second kappa shape index (κ2) is 7.46. The third-order valence-corrected chi connectivity index (χ3v) is 3.02. The fourth-order valence-corrected chi connectivity index (χ4v) is 2.14. The number of ether oxygens (including phenoxy) is 1. The molecule has 0 aliphatic carbocycles. The van der Waals surface area contributed by atoms with E-state index in [-0.39, 0.29) is 24.1 Å². The smallest absolute Gasteiger partial charge is 0.258 e. The Hall–Kier alpha value is -1.55. The van der Waals surface area contributed by atoms with Crippen molar-refractivity contribution in [1.29, 1.82) is 0 Å². The fraction of sp³-hybridized carbons (Fsp3) is 0.588. The minimum atomic E-state index is -0.243. The molecule has 0 radical (unpaired) electrons. The molecule has 21 heavy (non-hydrogen) atoms. The molecule has 0 spiro atoms. The van der Waals surface area contributed by atoms with Gasteiger partial charge in [-0.3, -0.25) is 4.79 Å². The number of hydrogen-bond donors (Lipinski definition) is 2. The summed E-state index contributed by atoms with van der Waals surface area (Å²) in [7, 11) is 0. The van der Waals surface area contributed by atoms with E-state index < -0.39 is 0 Å². The summed E-state index contributed by atoms with van der Waals surface area (Å²) in [6, 6.07) is 6.29. The number of carbonyl (C=O) groups excluding carboxylic acids is 1. The number of carbonyl (C=O) groups is 1. The Morgan fingerprint density at radius 2 is 2.00 bits per heavy atom. The topological polar surface area (TPSA) is 50.4 Å². The second-order valence-electron chi connectivity index (χ2n) is 6.41. The van der Waals surface area contributed by atoms with Gasteiger partial charge in [-0.2, -0.15) is 0 Å². The van der Waals surface area contributed by atoms with E-state index in [4.69, 9.17) is 4.74 Å². The van der Waals surface area contributed by atoms with Crippen molar-refractivity contribution in [1.82, 2.24) is 10.6 Å². The molecular formula is C17H28N2O2. The Bertz CT molecular complexity index is 478. The Labute approximate surface area is 128 Å². The van der Waals surface area contributed by atoms with E-state index in [1.54, 1.807) is 0 Å². The number of hydrogen-bond acceptors (Lipinski definition) is 3. The van der Waals surface area contributed by atoms with Gasteiger partial charge in [0.05, 0.1) is 0 Å². The fourth-order valence-electron chi connectivity index (χ4n) is 2.14. The first-order chi connectivity index (χ1) is 9.73. The number of nitrogens with one attached hydrogen (secondary N) is 2. The van der Waals surface area contributed by atoms with Crippen LogP contribution in [0, 0.1) is 6.92 Å². The van der Waals surface area contributed by atoms with Crippen LogP contribution in [0.15, 0.2) is 18.2 Å². The summed E-state index contributed by atoms with van der Waals surface area (Å²) in [4.78, 5) is 11.9. The highest BCUT2D eigenvalue weighted by molar-refractivity contribution is 5.78. The van der Waals surface area contributed by atoms with Crippen LogP contribution in [-0.4, -0.2) is 24.6 Å². The van der Waals surface area contributed by atoms with Crippen LogP contribution in [0.4, 0.5) is 0 Å². The maximum absolute atomic E-state index is 11.9. The molecule has 0 aliphatic heterocycles. The van der Waals surface area contributed by atoms with E-state index in [1.165, 1.54) is 0 Å². The Kier molecular flexibility index (Phi) is 6.21. The van der Waals surface area contributed by atoms with Gasteiger partial charge in [-0.15, -0.1) is 0 Å². The zero-order valence-corrected chi connectivity index (χ0v) is 14.0. The quantitative estimate of drug-likeness (QED) is 0.847. The molecule has 2 N–H and O–H groups in total. The van der Waals surface area contributed by atoms with Crippen molar-refractivity contribution in [2.24, 2.45) is 0 Å². The van der Waals surface area contributed by atoms with Gasteiger partial charge in [0, 0.05) is 17.1 Å². The van der Waals surface area contributed by atoms with Gasteiger partial charge in [0.2, 0.25) is 0 Å². The Morgan fingerprint density at radius 1 is 1.33 bits per heavy atom. The molecule has 0 saturated heterocycles. The van der Waals surface area contributed by atoms with Crippen LogP contribution in [-0.2, 0) is 4.79 Å². The molecule has 1 amide bonds. The first-order valence-electron chi connectivity index (χ1n) is 7.50. The van der Waals surface area contributed by atoms with E-state index in [2.05, 4.69) is 36.6 Å². The molecule has 4 heteroatoms. The van der Waals surface area contributed by atoms with E-state index in [0.717, 1.165) is 23.4 Å². The molecule has 0 bridgehead atoms. The third kappa shape index (κ3) is 6.17. The summed E-state index contributed by atoms with van der Waals surface area (Å²) in [5.41, 5.74) is 1.95. The van der Waals surface area contributed by atoms with Crippen molar-refractivity contribution >= 4 is 5.91 Å². The molecule has 0 aromatic heterocycles. The number of benzene rings is 1. The van der Waals surface area contributed by atoms with E-state index >= 15 is 0 Å². The van der Waals surface area contributed by atoms with Gasteiger partial charge in [-0.25, -0.2) is 0 Å². The molecule has 0 fully saturated rings. The van der Waals surface area contributed by atoms with Crippen molar-refractivity contribution in [3.05, 3.63) is 29.3 Å².